The summed E-state index contributed by atoms with van der Waals surface area (Å²) in [7, 11) is 0. The van der Waals surface area contributed by atoms with Crippen LogP contribution in [0.15, 0.2) is 43.0 Å². The van der Waals surface area contributed by atoms with Gasteiger partial charge in [-0.25, -0.2) is 15.4 Å². The second-order valence-electron chi connectivity index (χ2n) is 3.86. The van der Waals surface area contributed by atoms with Crippen LogP contribution in [0.4, 0.5) is 13.2 Å². The van der Waals surface area contributed by atoms with E-state index in [1.807, 2.05) is 0 Å². The van der Waals surface area contributed by atoms with Gasteiger partial charge in [0, 0.05) is 23.5 Å². The molecule has 1 aromatic carbocycles. The molecule has 0 radical (unpaired) electrons. The first-order valence-electron chi connectivity index (χ1n) is 5.57. The van der Waals surface area contributed by atoms with E-state index in [2.05, 4.69) is 20.1 Å². The molecule has 5 nitrogen and oxygen atoms in total. The molecule has 1 aromatic heterocycles. The van der Waals surface area contributed by atoms with Crippen LogP contribution in [0, 0.1) is 0 Å². The van der Waals surface area contributed by atoms with E-state index in [0.29, 0.717) is 5.56 Å². The van der Waals surface area contributed by atoms with E-state index in [0.717, 1.165) is 0 Å². The normalized spacial score (nSPS) is 13.0. The third-order valence-electron chi connectivity index (χ3n) is 2.54. The summed E-state index contributed by atoms with van der Waals surface area (Å²) >= 11 is 0. The third kappa shape index (κ3) is 3.43. The Morgan fingerprint density at radius 1 is 1.15 bits per heavy atom. The zero-order valence-corrected chi connectivity index (χ0v) is 10.1. The minimum Gasteiger partial charge on any atom is -0.405 e. The molecule has 0 aliphatic heterocycles. The van der Waals surface area contributed by atoms with Crippen LogP contribution < -0.4 is 16.0 Å². The van der Waals surface area contributed by atoms with Gasteiger partial charge in [0.2, 0.25) is 0 Å². The predicted octanol–water partition coefficient (Wildman–Crippen LogP) is 1.93. The van der Waals surface area contributed by atoms with E-state index in [9.17, 15) is 13.2 Å². The first kappa shape index (κ1) is 14.2. The topological polar surface area (TPSA) is 73.1 Å². The van der Waals surface area contributed by atoms with Crippen LogP contribution in [0.5, 0.6) is 5.75 Å². The number of rotatable bonds is 4. The molecule has 0 amide bonds. The highest BCUT2D eigenvalue weighted by Gasteiger charge is 2.33. The molecule has 20 heavy (non-hydrogen) atoms. The van der Waals surface area contributed by atoms with Gasteiger partial charge in [0.1, 0.15) is 12.1 Å². The minimum absolute atomic E-state index is 0.238. The number of nitrogens with one attached hydrogen (secondary N) is 1. The number of hydrazine groups is 1. The fraction of sp³-hybridized carbons (Fsp3) is 0.167. The SMILES string of the molecule is NNC(c1cncnc1)c1ccccc1OC(F)(F)F. The van der Waals surface area contributed by atoms with Crippen LogP contribution in [0.2, 0.25) is 0 Å². The molecule has 8 heteroatoms. The van der Waals surface area contributed by atoms with Crippen molar-refractivity contribution < 1.29 is 17.9 Å². The quantitative estimate of drug-likeness (QED) is 0.663. The van der Waals surface area contributed by atoms with Crippen LogP contribution in [0.25, 0.3) is 0 Å². The molecule has 0 fully saturated rings. The number of benzene rings is 1. The van der Waals surface area contributed by atoms with Gasteiger partial charge in [0.15, 0.2) is 0 Å². The summed E-state index contributed by atoms with van der Waals surface area (Å²) in [6.07, 6.45) is -0.540. The summed E-state index contributed by atoms with van der Waals surface area (Å²) in [6.45, 7) is 0. The Bertz CT molecular complexity index is 562. The predicted molar refractivity (Wildman–Crippen MR) is 64.3 cm³/mol. The lowest BCUT2D eigenvalue weighted by molar-refractivity contribution is -0.275. The maximum Gasteiger partial charge on any atom is 0.573 e. The van der Waals surface area contributed by atoms with Crippen molar-refractivity contribution >= 4 is 0 Å². The van der Waals surface area contributed by atoms with Crippen molar-refractivity contribution in [2.45, 2.75) is 12.4 Å². The molecule has 0 spiro atoms. The average Bonchev–Trinajstić information content (AvgIpc) is 2.41. The van der Waals surface area contributed by atoms with Crippen molar-refractivity contribution in [3.8, 4) is 5.75 Å². The molecule has 1 atom stereocenters. The monoisotopic (exact) mass is 284 g/mol. The van der Waals surface area contributed by atoms with E-state index >= 15 is 0 Å². The molecule has 2 rings (SSSR count). The summed E-state index contributed by atoms with van der Waals surface area (Å²) in [6, 6.07) is 5.02. The van der Waals surface area contributed by atoms with Crippen molar-refractivity contribution in [2.24, 2.45) is 5.84 Å². The molecule has 1 heterocycles. The number of alkyl halides is 3. The molecule has 2 aromatic rings. The Morgan fingerprint density at radius 3 is 2.40 bits per heavy atom. The lowest BCUT2D eigenvalue weighted by Crippen LogP contribution is -2.30. The summed E-state index contributed by atoms with van der Waals surface area (Å²) in [5.74, 6) is 5.10. The van der Waals surface area contributed by atoms with E-state index < -0.39 is 12.4 Å². The molecule has 0 aliphatic carbocycles. The van der Waals surface area contributed by atoms with Crippen LogP contribution in [-0.4, -0.2) is 16.3 Å². The number of hydrogen-bond acceptors (Lipinski definition) is 5. The second-order valence-corrected chi connectivity index (χ2v) is 3.86. The highest BCUT2D eigenvalue weighted by molar-refractivity contribution is 5.40. The van der Waals surface area contributed by atoms with Gasteiger partial charge in [-0.3, -0.25) is 5.84 Å². The summed E-state index contributed by atoms with van der Waals surface area (Å²) in [5, 5.41) is 0. The lowest BCUT2D eigenvalue weighted by Gasteiger charge is -2.20. The Hall–Kier alpha value is -2.19. The molecule has 0 bridgehead atoms. The highest BCUT2D eigenvalue weighted by atomic mass is 19.4. The van der Waals surface area contributed by atoms with Gasteiger partial charge < -0.3 is 4.74 Å². The average molecular weight is 284 g/mol. The number of para-hydroxylation sites is 1. The van der Waals surface area contributed by atoms with Crippen molar-refractivity contribution in [1.82, 2.24) is 15.4 Å². The van der Waals surface area contributed by atoms with Gasteiger partial charge in [-0.1, -0.05) is 18.2 Å². The van der Waals surface area contributed by atoms with E-state index in [4.69, 9.17) is 5.84 Å². The van der Waals surface area contributed by atoms with E-state index in [1.165, 1.54) is 36.9 Å². The Labute approximate surface area is 112 Å². The smallest absolute Gasteiger partial charge is 0.405 e. The Morgan fingerprint density at radius 2 is 1.80 bits per heavy atom. The van der Waals surface area contributed by atoms with Gasteiger partial charge in [-0.15, -0.1) is 13.2 Å². The van der Waals surface area contributed by atoms with Crippen LogP contribution in [-0.2, 0) is 0 Å². The minimum atomic E-state index is -4.78. The van der Waals surface area contributed by atoms with Crippen molar-refractivity contribution in [3.63, 3.8) is 0 Å². The number of ether oxygens (including phenoxy) is 1. The number of nitrogens with two attached hydrogens (primary N) is 1. The maximum atomic E-state index is 12.4. The lowest BCUT2D eigenvalue weighted by atomic mass is 10.0. The molecular formula is C12H11F3N4O. The summed E-state index contributed by atoms with van der Waals surface area (Å²) < 4.78 is 41.2. The molecule has 0 saturated carbocycles. The maximum absolute atomic E-state index is 12.4. The molecule has 106 valence electrons. The largest absolute Gasteiger partial charge is 0.573 e. The van der Waals surface area contributed by atoms with Crippen molar-refractivity contribution in [2.75, 3.05) is 0 Å². The van der Waals surface area contributed by atoms with Crippen LogP contribution in [0.3, 0.4) is 0 Å². The molecule has 0 saturated heterocycles. The van der Waals surface area contributed by atoms with Crippen LogP contribution >= 0.6 is 0 Å². The summed E-state index contributed by atoms with van der Waals surface area (Å²) in [5.41, 5.74) is 3.19. The fourth-order valence-corrected chi connectivity index (χ4v) is 1.76. The van der Waals surface area contributed by atoms with Gasteiger partial charge in [-0.2, -0.15) is 0 Å². The zero-order valence-electron chi connectivity index (χ0n) is 10.1. The first-order valence-corrected chi connectivity index (χ1v) is 5.57. The molecule has 3 N–H and O–H groups in total. The molecule has 0 aliphatic rings. The third-order valence-corrected chi connectivity index (χ3v) is 2.54. The molecule has 1 unspecified atom stereocenters. The van der Waals surface area contributed by atoms with Gasteiger partial charge in [0.05, 0.1) is 6.04 Å². The fourth-order valence-electron chi connectivity index (χ4n) is 1.76. The first-order chi connectivity index (χ1) is 9.51. The standard InChI is InChI=1S/C12H11F3N4O/c13-12(14,15)20-10-4-2-1-3-9(10)11(19-16)8-5-17-7-18-6-8/h1-7,11,19H,16H2. The van der Waals surface area contributed by atoms with Crippen molar-refractivity contribution in [1.29, 1.82) is 0 Å². The number of hydrogen-bond donors (Lipinski definition) is 2. The highest BCUT2D eigenvalue weighted by Crippen LogP contribution is 2.32. The van der Waals surface area contributed by atoms with Crippen LogP contribution in [0.1, 0.15) is 17.2 Å². The van der Waals surface area contributed by atoms with E-state index in [1.54, 1.807) is 6.07 Å². The van der Waals surface area contributed by atoms with Gasteiger partial charge in [0.25, 0.3) is 0 Å². The molecular weight excluding hydrogens is 273 g/mol. The number of aromatic nitrogens is 2. The van der Waals surface area contributed by atoms with Crippen molar-refractivity contribution in [3.05, 3.63) is 54.1 Å². The summed E-state index contributed by atoms with van der Waals surface area (Å²) in [4.78, 5) is 7.63. The van der Waals surface area contributed by atoms with E-state index in [-0.39, 0.29) is 11.3 Å². The second kappa shape index (κ2) is 5.85. The van der Waals surface area contributed by atoms with Gasteiger partial charge in [-0.05, 0) is 6.07 Å². The number of nitrogens with zero attached hydrogens (tertiary/aromatic N) is 2. The Balaban J connectivity index is 2.40. The zero-order chi connectivity index (χ0) is 14.6. The number of halogens is 3. The van der Waals surface area contributed by atoms with Gasteiger partial charge >= 0.3 is 6.36 Å². The Kier molecular flexibility index (Phi) is 4.16.